The predicted octanol–water partition coefficient (Wildman–Crippen LogP) is 0.946. The smallest absolute Gasteiger partial charge is 0.266 e. The maximum Gasteiger partial charge on any atom is 0.266 e. The fraction of sp³-hybridized carbons (Fsp3) is 0.154. The van der Waals surface area contributed by atoms with Gasteiger partial charge >= 0.3 is 0 Å². The maximum atomic E-state index is 12.0. The highest BCUT2D eigenvalue weighted by Gasteiger charge is 2.31. The second-order valence-electron chi connectivity index (χ2n) is 4.00. The van der Waals surface area contributed by atoms with Gasteiger partial charge in [0.15, 0.2) is 0 Å². The highest BCUT2D eigenvalue weighted by atomic mass is 32.2. The number of thioether (sulfide) groups is 1. The molecule has 0 radical (unpaired) electrons. The summed E-state index contributed by atoms with van der Waals surface area (Å²) < 4.78 is 0.244. The van der Waals surface area contributed by atoms with E-state index in [0.29, 0.717) is 4.91 Å². The van der Waals surface area contributed by atoms with Gasteiger partial charge < -0.3 is 9.90 Å². The number of carboxylic acid groups (broad SMARTS) is 1. The lowest BCUT2D eigenvalue weighted by Crippen LogP contribution is -2.40. The number of amides is 1. The molecule has 0 saturated carbocycles. The molecule has 2 rings (SSSR count). The number of carboxylic acids is 1. The first kappa shape index (κ1) is 13.8. The average molecular weight is 292 g/mol. The summed E-state index contributed by atoms with van der Waals surface area (Å²) in [5, 5.41) is 10.6. The lowest BCUT2D eigenvalue weighted by molar-refractivity contribution is -0.305. The molecule has 1 heterocycles. The maximum absolute atomic E-state index is 12.0. The van der Waals surface area contributed by atoms with Crippen LogP contribution in [-0.4, -0.2) is 27.6 Å². The van der Waals surface area contributed by atoms with E-state index in [2.05, 4.69) is 0 Å². The molecular weight excluding hydrogens is 282 g/mol. The van der Waals surface area contributed by atoms with Crippen molar-refractivity contribution in [2.24, 2.45) is 0 Å². The second kappa shape index (κ2) is 5.54. The van der Waals surface area contributed by atoms with Crippen LogP contribution in [0.2, 0.25) is 0 Å². The number of carbonyl (C=O) groups excluding carboxylic acids is 2. The summed E-state index contributed by atoms with van der Waals surface area (Å²) in [7, 11) is 0. The quantitative estimate of drug-likeness (QED) is 0.613. The van der Waals surface area contributed by atoms with Crippen molar-refractivity contribution in [3.63, 3.8) is 0 Å². The van der Waals surface area contributed by atoms with Crippen LogP contribution < -0.4 is 5.11 Å². The molecule has 1 aromatic rings. The molecule has 98 valence electrons. The van der Waals surface area contributed by atoms with E-state index in [0.717, 1.165) is 27.8 Å². The molecule has 0 aromatic heterocycles. The normalized spacial score (nSPS) is 17.3. The van der Waals surface area contributed by atoms with Crippen molar-refractivity contribution >= 4 is 46.3 Å². The molecule has 4 nitrogen and oxygen atoms in total. The molecule has 19 heavy (non-hydrogen) atoms. The lowest BCUT2D eigenvalue weighted by Gasteiger charge is -2.14. The van der Waals surface area contributed by atoms with Crippen molar-refractivity contribution < 1.29 is 14.7 Å². The van der Waals surface area contributed by atoms with Gasteiger partial charge in [0.05, 0.1) is 17.4 Å². The van der Waals surface area contributed by atoms with E-state index in [-0.39, 0.29) is 10.2 Å². The summed E-state index contributed by atoms with van der Waals surface area (Å²) in [4.78, 5) is 24.1. The Morgan fingerprint density at radius 1 is 1.47 bits per heavy atom. The van der Waals surface area contributed by atoms with Gasteiger partial charge in [-0.3, -0.25) is 9.69 Å². The number of thiocarbonyl (C=S) groups is 1. The molecule has 1 aromatic carbocycles. The standard InChI is InChI=1S/C13H11NO3S2/c1-8-4-2-3-5-9(8)6-10-12(17)14(7-11(15)16)13(18)19-10/h2-6H,7H2,1H3,(H,15,16)/p-1/b10-6-. The van der Waals surface area contributed by atoms with E-state index in [4.69, 9.17) is 12.2 Å². The fourth-order valence-corrected chi connectivity index (χ4v) is 2.90. The molecule has 6 heteroatoms. The number of hydrogen-bond donors (Lipinski definition) is 0. The zero-order chi connectivity index (χ0) is 14.0. The van der Waals surface area contributed by atoms with E-state index in [1.807, 2.05) is 31.2 Å². The van der Waals surface area contributed by atoms with Gasteiger partial charge in [-0.2, -0.15) is 0 Å². The van der Waals surface area contributed by atoms with Crippen LogP contribution in [0.5, 0.6) is 0 Å². The topological polar surface area (TPSA) is 60.4 Å². The van der Waals surface area contributed by atoms with E-state index < -0.39 is 12.5 Å². The Hall–Kier alpha value is -1.66. The number of aryl methyl sites for hydroxylation is 1. The van der Waals surface area contributed by atoms with E-state index >= 15 is 0 Å². The molecule has 1 fully saturated rings. The van der Waals surface area contributed by atoms with Gasteiger partial charge in [0, 0.05) is 0 Å². The Labute approximate surface area is 120 Å². The summed E-state index contributed by atoms with van der Waals surface area (Å²) in [5.41, 5.74) is 1.95. The average Bonchev–Trinajstić information content (AvgIpc) is 2.60. The Kier molecular flexibility index (Phi) is 4.01. The molecule has 0 atom stereocenters. The van der Waals surface area contributed by atoms with Gasteiger partial charge in [-0.25, -0.2) is 0 Å². The second-order valence-corrected chi connectivity index (χ2v) is 5.67. The number of carbonyl (C=O) groups is 2. The first-order valence-electron chi connectivity index (χ1n) is 5.50. The minimum absolute atomic E-state index is 0.244. The van der Waals surface area contributed by atoms with Crippen LogP contribution in [0, 0.1) is 6.92 Å². The first-order valence-corrected chi connectivity index (χ1v) is 6.72. The highest BCUT2D eigenvalue weighted by molar-refractivity contribution is 8.26. The fourth-order valence-electron chi connectivity index (χ4n) is 1.66. The third-order valence-corrected chi connectivity index (χ3v) is 4.01. The van der Waals surface area contributed by atoms with Crippen LogP contribution in [0.1, 0.15) is 11.1 Å². The van der Waals surface area contributed by atoms with Gasteiger partial charge in [-0.05, 0) is 24.1 Å². The van der Waals surface area contributed by atoms with Crippen molar-refractivity contribution in [1.29, 1.82) is 0 Å². The lowest BCUT2D eigenvalue weighted by atomic mass is 10.1. The van der Waals surface area contributed by atoms with Crippen LogP contribution in [0.3, 0.4) is 0 Å². The van der Waals surface area contributed by atoms with E-state index in [1.54, 1.807) is 6.08 Å². The van der Waals surface area contributed by atoms with Crippen molar-refractivity contribution in [3.05, 3.63) is 40.3 Å². The van der Waals surface area contributed by atoms with Crippen molar-refractivity contribution in [1.82, 2.24) is 4.90 Å². The van der Waals surface area contributed by atoms with Crippen LogP contribution in [0.4, 0.5) is 0 Å². The van der Waals surface area contributed by atoms with Gasteiger partial charge in [-0.15, -0.1) is 0 Å². The number of rotatable bonds is 3. The Morgan fingerprint density at radius 2 is 2.16 bits per heavy atom. The largest absolute Gasteiger partial charge is 0.548 e. The number of aliphatic carboxylic acids is 1. The summed E-state index contributed by atoms with van der Waals surface area (Å²) in [5.74, 6) is -1.71. The third-order valence-electron chi connectivity index (χ3n) is 2.64. The van der Waals surface area contributed by atoms with Crippen LogP contribution in [-0.2, 0) is 9.59 Å². The minimum atomic E-state index is -1.33. The third kappa shape index (κ3) is 3.02. The van der Waals surface area contributed by atoms with Gasteiger partial charge in [0.1, 0.15) is 4.32 Å². The van der Waals surface area contributed by atoms with Crippen LogP contribution in [0.25, 0.3) is 6.08 Å². The molecule has 1 saturated heterocycles. The summed E-state index contributed by atoms with van der Waals surface area (Å²) >= 11 is 6.10. The van der Waals surface area contributed by atoms with Crippen molar-refractivity contribution in [3.8, 4) is 0 Å². The minimum Gasteiger partial charge on any atom is -0.548 e. The Bertz CT molecular complexity index is 595. The van der Waals surface area contributed by atoms with E-state index in [1.165, 1.54) is 0 Å². The van der Waals surface area contributed by atoms with Gasteiger partial charge in [-0.1, -0.05) is 48.2 Å². The molecule has 0 bridgehead atoms. The monoisotopic (exact) mass is 292 g/mol. The zero-order valence-electron chi connectivity index (χ0n) is 10.1. The number of benzene rings is 1. The molecule has 0 N–H and O–H groups in total. The number of nitrogens with zero attached hydrogens (tertiary/aromatic N) is 1. The van der Waals surface area contributed by atoms with Crippen molar-refractivity contribution in [2.45, 2.75) is 6.92 Å². The van der Waals surface area contributed by atoms with Gasteiger partial charge in [0.2, 0.25) is 0 Å². The summed E-state index contributed by atoms with van der Waals surface area (Å²) in [6.07, 6.45) is 1.73. The highest BCUT2D eigenvalue weighted by Crippen LogP contribution is 2.32. The molecule has 1 amide bonds. The molecule has 0 aliphatic carbocycles. The summed E-state index contributed by atoms with van der Waals surface area (Å²) in [6.45, 7) is 1.43. The molecule has 0 unspecified atom stereocenters. The zero-order valence-corrected chi connectivity index (χ0v) is 11.7. The van der Waals surface area contributed by atoms with Crippen molar-refractivity contribution in [2.75, 3.05) is 6.54 Å². The molecule has 1 aliphatic heterocycles. The molecule has 1 aliphatic rings. The molecule has 0 spiro atoms. The summed E-state index contributed by atoms with van der Waals surface area (Å²) in [6, 6.07) is 7.61. The predicted molar refractivity (Wildman–Crippen MR) is 76.1 cm³/mol. The first-order chi connectivity index (χ1) is 8.99. The van der Waals surface area contributed by atoms with Crippen LogP contribution >= 0.6 is 24.0 Å². The van der Waals surface area contributed by atoms with Crippen LogP contribution in [0.15, 0.2) is 29.2 Å². The van der Waals surface area contributed by atoms with Gasteiger partial charge in [0.25, 0.3) is 5.91 Å². The Morgan fingerprint density at radius 3 is 2.79 bits per heavy atom. The SMILES string of the molecule is Cc1ccccc1/C=C1\SC(=S)N(CC(=O)[O-])C1=O. The number of hydrogen-bond acceptors (Lipinski definition) is 5. The molecular formula is C13H10NO3S2-. The Balaban J connectivity index is 2.28. The van der Waals surface area contributed by atoms with E-state index in [9.17, 15) is 14.7 Å².